The van der Waals surface area contributed by atoms with Gasteiger partial charge in [-0.1, -0.05) is 36.4 Å². The lowest BCUT2D eigenvalue weighted by molar-refractivity contribution is 0.0642. The number of carbonyl (C=O) groups excluding carboxylic acids is 3. The molecule has 5 rings (SSSR count). The third-order valence-corrected chi connectivity index (χ3v) is 6.38. The molecule has 3 aromatic carbocycles. The number of benzene rings is 3. The number of hydrogen-bond acceptors (Lipinski definition) is 4. The molecule has 0 unspecified atom stereocenters. The second kappa shape index (κ2) is 8.20. The number of anilines is 1. The Labute approximate surface area is 192 Å². The highest BCUT2D eigenvalue weighted by molar-refractivity contribution is 6.21. The summed E-state index contributed by atoms with van der Waals surface area (Å²) in [6.45, 7) is 2.73. The highest BCUT2D eigenvalue weighted by Gasteiger charge is 2.35. The molecule has 3 amide bonds. The molecule has 6 heteroatoms. The van der Waals surface area contributed by atoms with Gasteiger partial charge in [-0.3, -0.25) is 19.3 Å². The Bertz CT molecular complexity index is 1260. The van der Waals surface area contributed by atoms with E-state index in [4.69, 9.17) is 4.74 Å². The van der Waals surface area contributed by atoms with Gasteiger partial charge in [-0.15, -0.1) is 0 Å². The maximum absolute atomic E-state index is 13.7. The van der Waals surface area contributed by atoms with E-state index in [2.05, 4.69) is 6.07 Å². The van der Waals surface area contributed by atoms with Crippen LogP contribution in [0.3, 0.4) is 0 Å². The Morgan fingerprint density at radius 1 is 0.970 bits per heavy atom. The van der Waals surface area contributed by atoms with E-state index >= 15 is 0 Å². The first-order valence-corrected chi connectivity index (χ1v) is 11.0. The molecule has 0 saturated carbocycles. The fourth-order valence-electron chi connectivity index (χ4n) is 4.78. The lowest BCUT2D eigenvalue weighted by Gasteiger charge is -2.31. The Kier molecular flexibility index (Phi) is 5.21. The summed E-state index contributed by atoms with van der Waals surface area (Å²) in [6.07, 6.45) is 1.83. The van der Waals surface area contributed by atoms with Crippen molar-refractivity contribution in [3.63, 3.8) is 0 Å². The maximum Gasteiger partial charge on any atom is 0.262 e. The molecule has 0 saturated heterocycles. The Morgan fingerprint density at radius 3 is 2.39 bits per heavy atom. The molecule has 0 aliphatic carbocycles. The van der Waals surface area contributed by atoms with Gasteiger partial charge in [-0.05, 0) is 60.7 Å². The molecule has 2 aliphatic heterocycles. The number of rotatable bonds is 4. The molecule has 6 nitrogen and oxygen atoms in total. The molecule has 0 radical (unpaired) electrons. The summed E-state index contributed by atoms with van der Waals surface area (Å²) in [4.78, 5) is 42.3. The first-order chi connectivity index (χ1) is 16.0. The quantitative estimate of drug-likeness (QED) is 0.565. The van der Waals surface area contributed by atoms with Gasteiger partial charge in [0.05, 0.1) is 36.0 Å². The van der Waals surface area contributed by atoms with Gasteiger partial charge in [0.15, 0.2) is 0 Å². The van der Waals surface area contributed by atoms with Crippen molar-refractivity contribution < 1.29 is 19.1 Å². The smallest absolute Gasteiger partial charge is 0.262 e. The standard InChI is InChI=1S/C27H24N2O4/c1-17-7-5-8-19-9-6-14-28(24(17)19)27(32)22-15-18(12-13-23(22)33-2)16-29-25(30)20-10-3-4-11-21(20)26(29)31/h3-5,7-8,10-13,15H,6,9,14,16H2,1-2H3. The average molecular weight is 440 g/mol. The van der Waals surface area contributed by atoms with Crippen molar-refractivity contribution >= 4 is 23.4 Å². The molecule has 2 aliphatic rings. The van der Waals surface area contributed by atoms with Crippen LogP contribution in [0.5, 0.6) is 5.75 Å². The zero-order valence-electron chi connectivity index (χ0n) is 18.6. The topological polar surface area (TPSA) is 66.9 Å². The Balaban J connectivity index is 1.48. The van der Waals surface area contributed by atoms with E-state index in [1.54, 1.807) is 42.5 Å². The number of ether oxygens (including phenoxy) is 1. The van der Waals surface area contributed by atoms with Crippen LogP contribution in [0.25, 0.3) is 0 Å². The number of methoxy groups -OCH3 is 1. The number of aryl methyl sites for hydroxylation is 2. The van der Waals surface area contributed by atoms with E-state index in [1.165, 1.54) is 12.0 Å². The molecule has 3 aromatic rings. The number of imide groups is 1. The highest BCUT2D eigenvalue weighted by atomic mass is 16.5. The van der Waals surface area contributed by atoms with Crippen molar-refractivity contribution in [1.29, 1.82) is 0 Å². The van der Waals surface area contributed by atoms with E-state index in [-0.39, 0.29) is 24.3 Å². The summed E-state index contributed by atoms with van der Waals surface area (Å²) in [7, 11) is 1.53. The van der Waals surface area contributed by atoms with E-state index in [0.717, 1.165) is 29.7 Å². The molecular weight excluding hydrogens is 416 g/mol. The van der Waals surface area contributed by atoms with Crippen molar-refractivity contribution in [2.75, 3.05) is 18.6 Å². The predicted molar refractivity (Wildman–Crippen MR) is 125 cm³/mol. The summed E-state index contributed by atoms with van der Waals surface area (Å²) in [5.74, 6) is -0.321. The average Bonchev–Trinajstić information content (AvgIpc) is 3.08. The van der Waals surface area contributed by atoms with Gasteiger partial charge < -0.3 is 9.64 Å². The minimum atomic E-state index is -0.320. The monoisotopic (exact) mass is 440 g/mol. The summed E-state index contributed by atoms with van der Waals surface area (Å²) < 4.78 is 5.50. The second-order valence-corrected chi connectivity index (χ2v) is 8.42. The minimum Gasteiger partial charge on any atom is -0.496 e. The Hall–Kier alpha value is -3.93. The third-order valence-electron chi connectivity index (χ3n) is 6.38. The van der Waals surface area contributed by atoms with Gasteiger partial charge in [0.25, 0.3) is 17.7 Å². The lowest BCUT2D eigenvalue weighted by atomic mass is 9.97. The van der Waals surface area contributed by atoms with Gasteiger partial charge in [0, 0.05) is 6.54 Å². The zero-order valence-corrected chi connectivity index (χ0v) is 18.6. The SMILES string of the molecule is COc1ccc(CN2C(=O)c3ccccc3C2=O)cc1C(=O)N1CCCc2cccc(C)c21. The number of para-hydroxylation sites is 1. The van der Waals surface area contributed by atoms with E-state index in [9.17, 15) is 14.4 Å². The van der Waals surface area contributed by atoms with Gasteiger partial charge in [-0.2, -0.15) is 0 Å². The molecule has 166 valence electrons. The molecule has 0 bridgehead atoms. The largest absolute Gasteiger partial charge is 0.496 e. The van der Waals surface area contributed by atoms with Crippen molar-refractivity contribution in [1.82, 2.24) is 4.90 Å². The summed E-state index contributed by atoms with van der Waals surface area (Å²) in [6, 6.07) is 18.2. The number of nitrogens with zero attached hydrogens (tertiary/aromatic N) is 2. The van der Waals surface area contributed by atoms with Crippen molar-refractivity contribution in [2.45, 2.75) is 26.3 Å². The Morgan fingerprint density at radius 2 is 1.70 bits per heavy atom. The maximum atomic E-state index is 13.7. The fraction of sp³-hybridized carbons (Fsp3) is 0.222. The predicted octanol–water partition coefficient (Wildman–Crippen LogP) is 4.39. The second-order valence-electron chi connectivity index (χ2n) is 8.42. The van der Waals surface area contributed by atoms with Crippen LogP contribution in [0.2, 0.25) is 0 Å². The van der Waals surface area contributed by atoms with Gasteiger partial charge >= 0.3 is 0 Å². The van der Waals surface area contributed by atoms with Crippen molar-refractivity contribution in [2.24, 2.45) is 0 Å². The molecule has 0 N–H and O–H groups in total. The highest BCUT2D eigenvalue weighted by Crippen LogP contribution is 2.34. The molecule has 33 heavy (non-hydrogen) atoms. The van der Waals surface area contributed by atoms with Crippen LogP contribution >= 0.6 is 0 Å². The van der Waals surface area contributed by atoms with Gasteiger partial charge in [0.1, 0.15) is 5.75 Å². The lowest BCUT2D eigenvalue weighted by Crippen LogP contribution is -2.36. The van der Waals surface area contributed by atoms with Crippen LogP contribution in [0.15, 0.2) is 60.7 Å². The fourth-order valence-corrected chi connectivity index (χ4v) is 4.78. The minimum absolute atomic E-state index is 0.0895. The molecule has 2 heterocycles. The van der Waals surface area contributed by atoms with Crippen LogP contribution < -0.4 is 9.64 Å². The van der Waals surface area contributed by atoms with Crippen LogP contribution in [-0.4, -0.2) is 36.3 Å². The first-order valence-electron chi connectivity index (χ1n) is 11.0. The number of carbonyl (C=O) groups is 3. The number of amides is 3. The third kappa shape index (κ3) is 3.48. The molecule has 0 fully saturated rings. The van der Waals surface area contributed by atoms with E-state index < -0.39 is 0 Å². The summed E-state index contributed by atoms with van der Waals surface area (Å²) in [5, 5.41) is 0. The first kappa shape index (κ1) is 20.9. The van der Waals surface area contributed by atoms with Gasteiger partial charge in [0.2, 0.25) is 0 Å². The molecule has 0 spiro atoms. The normalized spacial score (nSPS) is 14.8. The van der Waals surface area contributed by atoms with Crippen LogP contribution in [-0.2, 0) is 13.0 Å². The van der Waals surface area contributed by atoms with Crippen molar-refractivity contribution in [3.05, 3.63) is 94.0 Å². The van der Waals surface area contributed by atoms with E-state index in [0.29, 0.717) is 34.5 Å². The zero-order chi connectivity index (χ0) is 23.1. The molecule has 0 atom stereocenters. The molecule has 0 aromatic heterocycles. The summed E-state index contributed by atoms with van der Waals surface area (Å²) >= 11 is 0. The number of fused-ring (bicyclic) bond motifs is 2. The van der Waals surface area contributed by atoms with Crippen LogP contribution in [0.4, 0.5) is 5.69 Å². The number of hydrogen-bond donors (Lipinski definition) is 0. The van der Waals surface area contributed by atoms with Crippen molar-refractivity contribution in [3.8, 4) is 5.75 Å². The van der Waals surface area contributed by atoms with Crippen LogP contribution in [0.1, 0.15) is 54.2 Å². The van der Waals surface area contributed by atoms with Gasteiger partial charge in [-0.25, -0.2) is 0 Å². The van der Waals surface area contributed by atoms with E-state index in [1.807, 2.05) is 24.0 Å². The van der Waals surface area contributed by atoms with Crippen LogP contribution in [0, 0.1) is 6.92 Å². The molecular formula is C27H24N2O4. The summed E-state index contributed by atoms with van der Waals surface area (Å²) in [5.41, 5.74) is 5.11.